The molecule has 0 spiro atoms. The van der Waals surface area contributed by atoms with Gasteiger partial charge in [0.05, 0.1) is 11.6 Å². The quantitative estimate of drug-likeness (QED) is 0.341. The normalized spacial score (nSPS) is 15.5. The van der Waals surface area contributed by atoms with Gasteiger partial charge < -0.3 is 0 Å². The standard InChI is InChI=1S/C27H23N6O.Tl/c1-32-26(34)16-24(23-10-12-29-13-11-23)31-27(32)33-15-14-30-25(18-33)22-8-6-21(7-9-22)20-4-2-19(17-28)3-5-20;/h2-10,12-13,16,25,30H,14-15,18H2,1H3;/t25-;/m1./s1. The summed E-state index contributed by atoms with van der Waals surface area (Å²) in [5.41, 5.74) is 5.68. The average Bonchev–Trinajstić information content (AvgIpc) is 2.91. The van der Waals surface area contributed by atoms with Gasteiger partial charge in [-0.1, -0.05) is 12.1 Å². The van der Waals surface area contributed by atoms with E-state index in [4.69, 9.17) is 10.2 Å². The van der Waals surface area contributed by atoms with Gasteiger partial charge in [-0.15, -0.1) is 0 Å². The Kier molecular flexibility index (Phi) is 6.75. The predicted octanol–water partition coefficient (Wildman–Crippen LogP) is 2.33. The zero-order valence-electron chi connectivity index (χ0n) is 19.3. The second-order valence-corrected chi connectivity index (χ2v) is 11.0. The number of rotatable bonds is 4. The maximum absolute atomic E-state index is 12.8. The van der Waals surface area contributed by atoms with Crippen LogP contribution in [0.5, 0.6) is 0 Å². The van der Waals surface area contributed by atoms with Crippen LogP contribution in [0.3, 0.4) is 0 Å². The van der Waals surface area contributed by atoms with Crippen LogP contribution in [0.1, 0.15) is 17.2 Å². The Balaban J connectivity index is 1.40. The van der Waals surface area contributed by atoms with Crippen LogP contribution in [0, 0.1) is 11.3 Å². The van der Waals surface area contributed by atoms with Gasteiger partial charge in [0.2, 0.25) is 0 Å². The fourth-order valence-electron chi connectivity index (χ4n) is 4.39. The van der Waals surface area contributed by atoms with Crippen LogP contribution in [0.4, 0.5) is 5.95 Å². The molecule has 1 aliphatic heterocycles. The van der Waals surface area contributed by atoms with Crippen LogP contribution >= 0.6 is 0 Å². The van der Waals surface area contributed by atoms with Gasteiger partial charge in [-0.05, 0) is 17.7 Å². The van der Waals surface area contributed by atoms with Crippen molar-refractivity contribution in [2.75, 3.05) is 24.5 Å². The molecule has 2 aromatic carbocycles. The van der Waals surface area contributed by atoms with E-state index in [0.717, 1.165) is 32.9 Å². The molecule has 1 atom stereocenters. The van der Waals surface area contributed by atoms with E-state index in [0.29, 0.717) is 49.5 Å². The molecule has 1 saturated heterocycles. The van der Waals surface area contributed by atoms with E-state index >= 15 is 0 Å². The van der Waals surface area contributed by atoms with Gasteiger partial charge in [-0.3, -0.25) is 0 Å². The molecule has 0 aliphatic carbocycles. The van der Waals surface area contributed by atoms with Crippen molar-refractivity contribution in [2.45, 2.75) is 6.04 Å². The van der Waals surface area contributed by atoms with Gasteiger partial charge in [-0.2, -0.15) is 5.26 Å². The Hall–Kier alpha value is -3.36. The molecule has 35 heavy (non-hydrogen) atoms. The molecule has 0 amide bonds. The molecule has 1 aliphatic rings. The molecular weight excluding hydrogens is 629 g/mol. The Morgan fingerprint density at radius 1 is 1.09 bits per heavy atom. The Morgan fingerprint density at radius 2 is 1.80 bits per heavy atom. The van der Waals surface area contributed by atoms with Crippen molar-refractivity contribution < 1.29 is 0 Å². The molecular formula is C27H23N6OTl. The summed E-state index contributed by atoms with van der Waals surface area (Å²) in [4.78, 5) is 24.1. The molecule has 4 aromatic rings. The fraction of sp³-hybridized carbons (Fsp3) is 0.185. The molecule has 0 radical (unpaired) electrons. The summed E-state index contributed by atoms with van der Waals surface area (Å²) in [6.45, 7) is 2.28. The Labute approximate surface area is 219 Å². The number of nitrogens with zero attached hydrogens (tertiary/aromatic N) is 5. The van der Waals surface area contributed by atoms with Gasteiger partial charge in [0.1, 0.15) is 0 Å². The van der Waals surface area contributed by atoms with Gasteiger partial charge in [0.25, 0.3) is 0 Å². The average molecular weight is 652 g/mol. The summed E-state index contributed by atoms with van der Waals surface area (Å²) < 4.78 is 2.79. The number of piperazine rings is 1. The summed E-state index contributed by atoms with van der Waals surface area (Å²) in [6, 6.07) is 22.0. The summed E-state index contributed by atoms with van der Waals surface area (Å²) >= 11 is 0.605. The number of nitrogens with one attached hydrogen (secondary N) is 1. The van der Waals surface area contributed by atoms with E-state index in [1.54, 1.807) is 23.9 Å². The predicted molar refractivity (Wildman–Crippen MR) is 138 cm³/mol. The SMILES string of the molecule is Cn1c(N2CCN[C@@H](c3ccc(-c4ccc(C#N)cc4)cc3)C2)nc(-c2ccnc[c]2[Tl])cc1=O. The van der Waals surface area contributed by atoms with Gasteiger partial charge in [0.15, 0.2) is 0 Å². The minimum atomic E-state index is -0.0620. The van der Waals surface area contributed by atoms with E-state index in [2.05, 4.69) is 45.5 Å². The first kappa shape index (κ1) is 23.4. The van der Waals surface area contributed by atoms with Crippen LogP contribution in [0.2, 0.25) is 0 Å². The molecule has 0 saturated carbocycles. The molecule has 3 heterocycles. The number of hydrogen-bond donors (Lipinski definition) is 1. The number of hydrogen-bond acceptors (Lipinski definition) is 6. The number of benzene rings is 2. The Morgan fingerprint density at radius 3 is 2.49 bits per heavy atom. The molecule has 5 rings (SSSR count). The maximum atomic E-state index is 12.8. The monoisotopic (exact) mass is 652 g/mol. The van der Waals surface area contributed by atoms with Gasteiger partial charge in [0, 0.05) is 0 Å². The fourth-order valence-corrected chi connectivity index (χ4v) is 5.67. The minimum absolute atomic E-state index is 0.0620. The van der Waals surface area contributed by atoms with Gasteiger partial charge in [-0.25, -0.2) is 0 Å². The molecule has 1 N–H and O–H groups in total. The van der Waals surface area contributed by atoms with E-state index in [9.17, 15) is 4.79 Å². The van der Waals surface area contributed by atoms with E-state index in [1.807, 2.05) is 36.5 Å². The Bertz CT molecular complexity index is 1460. The topological polar surface area (TPSA) is 86.8 Å². The second kappa shape index (κ2) is 10.1. The van der Waals surface area contributed by atoms with Crippen molar-refractivity contribution in [3.8, 4) is 28.5 Å². The third-order valence-electron chi connectivity index (χ3n) is 6.36. The molecule has 7 nitrogen and oxygen atoms in total. The summed E-state index contributed by atoms with van der Waals surface area (Å²) in [7, 11) is 1.79. The third kappa shape index (κ3) is 4.90. The van der Waals surface area contributed by atoms with E-state index < -0.39 is 0 Å². The van der Waals surface area contributed by atoms with Crippen LogP contribution in [-0.4, -0.2) is 59.9 Å². The zero-order chi connectivity index (χ0) is 24.4. The van der Waals surface area contributed by atoms with Crippen molar-refractivity contribution >= 4 is 34.8 Å². The number of aromatic nitrogens is 3. The number of pyridine rings is 1. The van der Waals surface area contributed by atoms with Crippen LogP contribution in [-0.2, 0) is 7.05 Å². The number of nitriles is 1. The first-order valence-corrected chi connectivity index (χ1v) is 13.6. The zero-order valence-corrected chi connectivity index (χ0v) is 23.8. The van der Waals surface area contributed by atoms with Crippen molar-refractivity contribution in [3.05, 3.63) is 94.5 Å². The van der Waals surface area contributed by atoms with Crippen molar-refractivity contribution in [1.82, 2.24) is 19.9 Å². The van der Waals surface area contributed by atoms with Crippen molar-refractivity contribution in [3.63, 3.8) is 0 Å². The molecule has 8 heteroatoms. The molecule has 0 bridgehead atoms. The summed E-state index contributed by atoms with van der Waals surface area (Å²) in [6.07, 6.45) is 3.61. The first-order chi connectivity index (χ1) is 17.0. The van der Waals surface area contributed by atoms with Crippen LogP contribution in [0.25, 0.3) is 22.4 Å². The van der Waals surface area contributed by atoms with E-state index in [1.165, 1.54) is 5.56 Å². The van der Waals surface area contributed by atoms with Crippen molar-refractivity contribution in [2.24, 2.45) is 7.05 Å². The van der Waals surface area contributed by atoms with Gasteiger partial charge >= 0.3 is 174 Å². The second-order valence-electron chi connectivity index (χ2n) is 8.57. The number of anilines is 1. The summed E-state index contributed by atoms with van der Waals surface area (Å²) in [5, 5.41) is 12.6. The first-order valence-electron chi connectivity index (χ1n) is 11.4. The van der Waals surface area contributed by atoms with E-state index in [-0.39, 0.29) is 11.6 Å². The molecule has 170 valence electrons. The summed E-state index contributed by atoms with van der Waals surface area (Å²) in [5.74, 6) is 0.689. The molecule has 1 fully saturated rings. The van der Waals surface area contributed by atoms with Crippen LogP contribution in [0.15, 0.2) is 77.9 Å². The molecule has 0 unspecified atom stereocenters. The molecule has 2 aromatic heterocycles. The van der Waals surface area contributed by atoms with Crippen molar-refractivity contribution in [1.29, 1.82) is 5.26 Å². The third-order valence-corrected chi connectivity index (χ3v) is 8.15. The van der Waals surface area contributed by atoms with Crippen LogP contribution < -0.4 is 18.9 Å².